The number of rotatable bonds is 6. The van der Waals surface area contributed by atoms with Gasteiger partial charge in [-0.1, -0.05) is 18.2 Å². The number of Topliss-reactive ketones (excluding diaryl/α,β-unsaturated/α-hetero) is 1. The van der Waals surface area contributed by atoms with Crippen molar-refractivity contribution in [3.63, 3.8) is 0 Å². The van der Waals surface area contributed by atoms with E-state index >= 15 is 0 Å². The normalized spacial score (nSPS) is 11.2. The fourth-order valence-electron chi connectivity index (χ4n) is 1.70. The lowest BCUT2D eigenvalue weighted by molar-refractivity contribution is 0.0923. The topological polar surface area (TPSA) is 52.6 Å². The minimum absolute atomic E-state index is 0.256. The van der Waals surface area contributed by atoms with Crippen LogP contribution in [0.15, 0.2) is 48.5 Å². The van der Waals surface area contributed by atoms with Crippen LogP contribution in [0.25, 0.3) is 0 Å². The summed E-state index contributed by atoms with van der Waals surface area (Å²) in [6.45, 7) is 2.64. The second-order valence-electron chi connectivity index (χ2n) is 5.04. The van der Waals surface area contributed by atoms with E-state index in [2.05, 4.69) is 0 Å². The van der Waals surface area contributed by atoms with Crippen LogP contribution >= 0.6 is 7.37 Å². The number of carbonyl (C=O) groups is 1. The highest BCUT2D eigenvalue weighted by atomic mass is 31.2. The Labute approximate surface area is 128 Å². The lowest BCUT2D eigenvalue weighted by Gasteiger charge is -2.09. The van der Waals surface area contributed by atoms with E-state index in [0.29, 0.717) is 17.1 Å². The Morgan fingerprint density at radius 1 is 1.09 bits per heavy atom. The number of carbonyl (C=O) groups excluding carboxylic acids is 1. The van der Waals surface area contributed by atoms with Gasteiger partial charge in [0.1, 0.15) is 23.9 Å². The van der Waals surface area contributed by atoms with Gasteiger partial charge in [-0.3, -0.25) is 9.36 Å². The molecule has 0 aliphatic heterocycles. The second-order valence-corrected chi connectivity index (χ2v) is 7.80. The molecule has 0 aromatic heterocycles. The summed E-state index contributed by atoms with van der Waals surface area (Å²) in [4.78, 5) is 12.0. The quantitative estimate of drug-likeness (QED) is 0.586. The number of benzene rings is 2. The zero-order chi connectivity index (χ0) is 16.2. The van der Waals surface area contributed by atoms with Crippen LogP contribution in [0.2, 0.25) is 0 Å². The average molecular weight is 322 g/mol. The molecule has 0 aliphatic rings. The third-order valence-corrected chi connectivity index (χ3v) is 3.45. The van der Waals surface area contributed by atoms with E-state index in [-0.39, 0.29) is 12.4 Å². The van der Waals surface area contributed by atoms with Crippen LogP contribution in [0.4, 0.5) is 4.39 Å². The van der Waals surface area contributed by atoms with Crippen molar-refractivity contribution >= 4 is 13.2 Å². The maximum atomic E-state index is 13.1. The third kappa shape index (κ3) is 5.10. The van der Waals surface area contributed by atoms with Crippen molar-refractivity contribution in [2.75, 3.05) is 19.9 Å². The Bertz CT molecular complexity index is 724. The number of hydrogen-bond donors (Lipinski definition) is 0. The van der Waals surface area contributed by atoms with Crippen molar-refractivity contribution in [2.24, 2.45) is 0 Å². The highest BCUT2D eigenvalue weighted by Gasteiger charge is 2.13. The first-order valence-corrected chi connectivity index (χ1v) is 9.12. The predicted octanol–water partition coefficient (Wildman–Crippen LogP) is 4.36. The van der Waals surface area contributed by atoms with Crippen molar-refractivity contribution in [1.82, 2.24) is 0 Å². The minimum atomic E-state index is -2.71. The highest BCUT2D eigenvalue weighted by molar-refractivity contribution is 7.57. The molecule has 0 saturated heterocycles. The van der Waals surface area contributed by atoms with Crippen molar-refractivity contribution in [2.45, 2.75) is 0 Å². The molecule has 0 N–H and O–H groups in total. The molecule has 0 atom stereocenters. The van der Waals surface area contributed by atoms with E-state index in [4.69, 9.17) is 9.26 Å². The molecule has 0 spiro atoms. The Hall–Kier alpha value is -1.97. The highest BCUT2D eigenvalue weighted by Crippen LogP contribution is 2.37. The maximum Gasteiger partial charge on any atom is 0.197 e. The smallest absolute Gasteiger partial charge is 0.197 e. The molecule has 2 aromatic carbocycles. The van der Waals surface area contributed by atoms with Gasteiger partial charge in [-0.15, -0.1) is 0 Å². The molecule has 0 unspecified atom stereocenters. The summed E-state index contributed by atoms with van der Waals surface area (Å²) in [6.07, 6.45) is 0. The zero-order valence-corrected chi connectivity index (χ0v) is 13.2. The summed E-state index contributed by atoms with van der Waals surface area (Å²) in [7, 11) is -2.71. The van der Waals surface area contributed by atoms with E-state index in [1.165, 1.54) is 37.6 Å². The lowest BCUT2D eigenvalue weighted by atomic mass is 10.1. The summed E-state index contributed by atoms with van der Waals surface area (Å²) in [5.74, 6) is 0.0495. The Morgan fingerprint density at radius 3 is 2.36 bits per heavy atom. The van der Waals surface area contributed by atoms with Crippen LogP contribution in [-0.2, 0) is 9.09 Å². The van der Waals surface area contributed by atoms with Crippen molar-refractivity contribution in [3.05, 3.63) is 59.9 Å². The fraction of sp³-hybridized carbons (Fsp3) is 0.188. The molecule has 6 heteroatoms. The van der Waals surface area contributed by atoms with Gasteiger partial charge in [-0.05, 0) is 24.3 Å². The maximum absolute atomic E-state index is 13.1. The first kappa shape index (κ1) is 16.4. The Kier molecular flexibility index (Phi) is 5.11. The Balaban J connectivity index is 2.09. The number of ketones is 1. The van der Waals surface area contributed by atoms with Crippen LogP contribution < -0.4 is 4.74 Å². The second kappa shape index (κ2) is 6.86. The standard InChI is InChI=1S/C16H16FO4P/c1-22(2,19)20-11-16(18)12-5-3-7-14(9-12)21-15-8-4-6-13(17)10-15/h3-10H,11H2,1-2H3. The summed E-state index contributed by atoms with van der Waals surface area (Å²) in [5, 5.41) is 0. The molecular weight excluding hydrogens is 306 g/mol. The third-order valence-electron chi connectivity index (χ3n) is 2.69. The van der Waals surface area contributed by atoms with E-state index < -0.39 is 13.2 Å². The summed E-state index contributed by atoms with van der Waals surface area (Å²) >= 11 is 0. The zero-order valence-electron chi connectivity index (χ0n) is 12.3. The molecular formula is C16H16FO4P. The van der Waals surface area contributed by atoms with Gasteiger partial charge in [-0.25, -0.2) is 4.39 Å². The lowest BCUT2D eigenvalue weighted by Crippen LogP contribution is -2.07. The average Bonchev–Trinajstić information content (AvgIpc) is 2.44. The van der Waals surface area contributed by atoms with Crippen LogP contribution in [0, 0.1) is 5.82 Å². The minimum Gasteiger partial charge on any atom is -0.457 e. The molecule has 22 heavy (non-hydrogen) atoms. The molecule has 0 saturated carbocycles. The first-order valence-electron chi connectivity index (χ1n) is 6.60. The van der Waals surface area contributed by atoms with E-state index in [0.717, 1.165) is 0 Å². The monoisotopic (exact) mass is 322 g/mol. The number of ether oxygens (including phenoxy) is 1. The molecule has 0 fully saturated rings. The van der Waals surface area contributed by atoms with Gasteiger partial charge in [0, 0.05) is 25.0 Å². The first-order chi connectivity index (χ1) is 10.3. The molecule has 2 aromatic rings. The molecule has 116 valence electrons. The SMILES string of the molecule is CP(C)(=O)OCC(=O)c1cccc(Oc2cccc(F)c2)c1. The number of halogens is 1. The van der Waals surface area contributed by atoms with Gasteiger partial charge >= 0.3 is 0 Å². The molecule has 0 bridgehead atoms. The summed E-state index contributed by atoms with van der Waals surface area (Å²) in [6, 6.07) is 12.2. The molecule has 0 amide bonds. The van der Waals surface area contributed by atoms with Gasteiger partial charge in [0.15, 0.2) is 13.2 Å². The van der Waals surface area contributed by atoms with Crippen LogP contribution in [-0.4, -0.2) is 25.7 Å². The van der Waals surface area contributed by atoms with E-state index in [1.54, 1.807) is 24.3 Å². The molecule has 0 heterocycles. The van der Waals surface area contributed by atoms with Crippen LogP contribution in [0.3, 0.4) is 0 Å². The van der Waals surface area contributed by atoms with Crippen LogP contribution in [0.1, 0.15) is 10.4 Å². The molecule has 2 rings (SSSR count). The van der Waals surface area contributed by atoms with Gasteiger partial charge in [0.25, 0.3) is 0 Å². The molecule has 0 radical (unpaired) electrons. The Morgan fingerprint density at radius 2 is 1.73 bits per heavy atom. The molecule has 0 aliphatic carbocycles. The van der Waals surface area contributed by atoms with Crippen molar-refractivity contribution in [1.29, 1.82) is 0 Å². The fourth-order valence-corrected chi connectivity index (χ4v) is 2.13. The van der Waals surface area contributed by atoms with E-state index in [9.17, 15) is 13.8 Å². The van der Waals surface area contributed by atoms with Crippen molar-refractivity contribution < 1.29 is 23.0 Å². The number of hydrogen-bond acceptors (Lipinski definition) is 4. The predicted molar refractivity (Wildman–Crippen MR) is 82.7 cm³/mol. The van der Waals surface area contributed by atoms with E-state index in [1.807, 2.05) is 0 Å². The van der Waals surface area contributed by atoms with Crippen LogP contribution in [0.5, 0.6) is 11.5 Å². The van der Waals surface area contributed by atoms with Gasteiger partial charge in [0.2, 0.25) is 0 Å². The van der Waals surface area contributed by atoms with Crippen molar-refractivity contribution in [3.8, 4) is 11.5 Å². The van der Waals surface area contributed by atoms with Gasteiger partial charge in [0.05, 0.1) is 0 Å². The van der Waals surface area contributed by atoms with Gasteiger partial charge in [-0.2, -0.15) is 0 Å². The molecule has 4 nitrogen and oxygen atoms in total. The summed E-state index contributed by atoms with van der Waals surface area (Å²) in [5.41, 5.74) is 0.377. The largest absolute Gasteiger partial charge is 0.457 e. The van der Waals surface area contributed by atoms with Gasteiger partial charge < -0.3 is 9.26 Å². The summed E-state index contributed by atoms with van der Waals surface area (Å²) < 4.78 is 35.1.